The summed E-state index contributed by atoms with van der Waals surface area (Å²) in [6.07, 6.45) is 3.53. The fourth-order valence-electron chi connectivity index (χ4n) is 2.08. The second kappa shape index (κ2) is 6.74. The van der Waals surface area contributed by atoms with E-state index in [-0.39, 0.29) is 0 Å². The lowest BCUT2D eigenvalue weighted by atomic mass is 10.0. The number of hydrogen-bond acceptors (Lipinski definition) is 2. The quantitative estimate of drug-likeness (QED) is 0.624. The minimum atomic E-state index is 0.646. The van der Waals surface area contributed by atoms with E-state index in [1.807, 2.05) is 7.05 Å². The molecule has 0 atom stereocenters. The van der Waals surface area contributed by atoms with Crippen LogP contribution in [0, 0.1) is 0 Å². The number of hydrogen-bond donors (Lipinski definition) is 1. The molecule has 0 aliphatic rings. The van der Waals surface area contributed by atoms with Gasteiger partial charge in [0.15, 0.2) is 0 Å². The monoisotopic (exact) mass is 253 g/mol. The average Bonchev–Trinajstić information content (AvgIpc) is 2.48. The van der Waals surface area contributed by atoms with Crippen molar-refractivity contribution in [3.05, 3.63) is 54.1 Å². The molecule has 0 heterocycles. The molecule has 0 amide bonds. The van der Waals surface area contributed by atoms with Crippen molar-refractivity contribution in [1.29, 1.82) is 0 Å². The number of anilines is 1. The molecule has 2 aromatic rings. The third-order valence-electron chi connectivity index (χ3n) is 3.25. The maximum Gasteiger partial charge on any atom is 0.120 e. The van der Waals surface area contributed by atoms with Gasteiger partial charge in [-0.25, -0.2) is 0 Å². The Morgan fingerprint density at radius 1 is 0.947 bits per heavy atom. The van der Waals surface area contributed by atoms with E-state index in [0.717, 1.165) is 24.8 Å². The van der Waals surface area contributed by atoms with E-state index in [1.165, 1.54) is 16.7 Å². The SMILES string of the molecule is CNc1ccc(-c2ccc(CCCC=O)cc2)cc1. The number of aldehydes is 1. The maximum absolute atomic E-state index is 10.3. The van der Waals surface area contributed by atoms with E-state index in [0.29, 0.717) is 6.42 Å². The summed E-state index contributed by atoms with van der Waals surface area (Å²) in [5, 5.41) is 3.11. The lowest BCUT2D eigenvalue weighted by molar-refractivity contribution is -0.107. The number of rotatable bonds is 6. The molecule has 0 spiro atoms. The van der Waals surface area contributed by atoms with Crippen molar-refractivity contribution in [3.63, 3.8) is 0 Å². The van der Waals surface area contributed by atoms with Gasteiger partial charge >= 0.3 is 0 Å². The molecule has 0 bridgehead atoms. The topological polar surface area (TPSA) is 29.1 Å². The second-order valence-corrected chi connectivity index (χ2v) is 4.58. The first kappa shape index (κ1) is 13.3. The summed E-state index contributed by atoms with van der Waals surface area (Å²) < 4.78 is 0. The Kier molecular flexibility index (Phi) is 4.73. The summed E-state index contributed by atoms with van der Waals surface area (Å²) in [5.41, 5.74) is 4.85. The van der Waals surface area contributed by atoms with Crippen LogP contribution in [0.2, 0.25) is 0 Å². The Bertz CT molecular complexity index is 514. The highest BCUT2D eigenvalue weighted by Crippen LogP contribution is 2.22. The molecule has 0 aliphatic heterocycles. The predicted octanol–water partition coefficient (Wildman–Crippen LogP) is 3.92. The summed E-state index contributed by atoms with van der Waals surface area (Å²) in [6, 6.07) is 17.0. The van der Waals surface area contributed by atoms with Gasteiger partial charge in [-0.15, -0.1) is 0 Å². The van der Waals surface area contributed by atoms with Crippen molar-refractivity contribution in [2.24, 2.45) is 0 Å². The first-order valence-corrected chi connectivity index (χ1v) is 6.64. The molecule has 0 aromatic heterocycles. The number of carbonyl (C=O) groups excluding carboxylic acids is 1. The smallest absolute Gasteiger partial charge is 0.120 e. The summed E-state index contributed by atoms with van der Waals surface area (Å²) in [6.45, 7) is 0. The fraction of sp³-hybridized carbons (Fsp3) is 0.235. The van der Waals surface area contributed by atoms with Crippen LogP contribution in [0.5, 0.6) is 0 Å². The zero-order valence-corrected chi connectivity index (χ0v) is 11.2. The Labute approximate surface area is 114 Å². The van der Waals surface area contributed by atoms with Crippen LogP contribution < -0.4 is 5.32 Å². The molecule has 0 aliphatic carbocycles. The average molecular weight is 253 g/mol. The summed E-state index contributed by atoms with van der Waals surface area (Å²) in [7, 11) is 1.92. The molecular weight excluding hydrogens is 234 g/mol. The summed E-state index contributed by atoms with van der Waals surface area (Å²) in [4.78, 5) is 10.3. The van der Waals surface area contributed by atoms with Crippen LogP contribution in [0.25, 0.3) is 11.1 Å². The van der Waals surface area contributed by atoms with Gasteiger partial charge < -0.3 is 10.1 Å². The highest BCUT2D eigenvalue weighted by molar-refractivity contribution is 5.66. The Balaban J connectivity index is 2.06. The van der Waals surface area contributed by atoms with E-state index in [4.69, 9.17) is 0 Å². The van der Waals surface area contributed by atoms with Crippen molar-refractivity contribution in [1.82, 2.24) is 0 Å². The summed E-state index contributed by atoms with van der Waals surface area (Å²) >= 11 is 0. The molecule has 0 saturated heterocycles. The van der Waals surface area contributed by atoms with Crippen LogP contribution in [0.3, 0.4) is 0 Å². The minimum Gasteiger partial charge on any atom is -0.388 e. The third kappa shape index (κ3) is 3.68. The maximum atomic E-state index is 10.3. The van der Waals surface area contributed by atoms with Crippen molar-refractivity contribution in [2.45, 2.75) is 19.3 Å². The van der Waals surface area contributed by atoms with Crippen LogP contribution in [-0.4, -0.2) is 13.3 Å². The van der Waals surface area contributed by atoms with Crippen molar-refractivity contribution < 1.29 is 4.79 Å². The lowest BCUT2D eigenvalue weighted by Crippen LogP contribution is -1.88. The van der Waals surface area contributed by atoms with E-state index < -0.39 is 0 Å². The Morgan fingerprint density at radius 3 is 2.05 bits per heavy atom. The van der Waals surface area contributed by atoms with E-state index in [2.05, 4.69) is 53.8 Å². The molecule has 0 fully saturated rings. The number of nitrogens with one attached hydrogen (secondary N) is 1. The van der Waals surface area contributed by atoms with E-state index >= 15 is 0 Å². The molecule has 0 saturated carbocycles. The molecule has 2 aromatic carbocycles. The Morgan fingerprint density at radius 2 is 1.53 bits per heavy atom. The zero-order chi connectivity index (χ0) is 13.5. The Hall–Kier alpha value is -2.09. The molecule has 2 heteroatoms. The molecule has 19 heavy (non-hydrogen) atoms. The summed E-state index contributed by atoms with van der Waals surface area (Å²) in [5.74, 6) is 0. The van der Waals surface area contributed by atoms with Crippen LogP contribution in [0.1, 0.15) is 18.4 Å². The van der Waals surface area contributed by atoms with Crippen LogP contribution in [-0.2, 0) is 11.2 Å². The first-order valence-electron chi connectivity index (χ1n) is 6.64. The highest BCUT2D eigenvalue weighted by atomic mass is 16.1. The molecule has 2 nitrogen and oxygen atoms in total. The number of carbonyl (C=O) groups is 1. The van der Waals surface area contributed by atoms with E-state index in [1.54, 1.807) is 0 Å². The zero-order valence-electron chi connectivity index (χ0n) is 11.2. The molecular formula is C17H19NO. The van der Waals surface area contributed by atoms with Crippen molar-refractivity contribution in [3.8, 4) is 11.1 Å². The molecule has 2 rings (SSSR count). The van der Waals surface area contributed by atoms with Crippen molar-refractivity contribution in [2.75, 3.05) is 12.4 Å². The van der Waals surface area contributed by atoms with Crippen LogP contribution in [0.4, 0.5) is 5.69 Å². The van der Waals surface area contributed by atoms with E-state index in [9.17, 15) is 4.79 Å². The van der Waals surface area contributed by atoms with Gasteiger partial charge in [0.1, 0.15) is 6.29 Å². The van der Waals surface area contributed by atoms with Gasteiger partial charge in [-0.2, -0.15) is 0 Å². The van der Waals surface area contributed by atoms with Crippen LogP contribution in [0.15, 0.2) is 48.5 Å². The fourth-order valence-corrected chi connectivity index (χ4v) is 2.08. The first-order chi connectivity index (χ1) is 9.33. The number of aryl methyl sites for hydroxylation is 1. The number of unbranched alkanes of at least 4 members (excludes halogenated alkanes) is 1. The normalized spacial score (nSPS) is 10.2. The standard InChI is InChI=1S/C17H19NO/c1-18-17-11-9-16(10-12-17)15-7-5-14(6-8-15)4-2-3-13-19/h5-13,18H,2-4H2,1H3. The highest BCUT2D eigenvalue weighted by Gasteiger charge is 1.99. The van der Waals surface area contributed by atoms with Gasteiger partial charge in [0.25, 0.3) is 0 Å². The molecule has 98 valence electrons. The minimum absolute atomic E-state index is 0.646. The largest absolute Gasteiger partial charge is 0.388 e. The lowest BCUT2D eigenvalue weighted by Gasteiger charge is -2.05. The third-order valence-corrected chi connectivity index (χ3v) is 3.25. The predicted molar refractivity (Wildman–Crippen MR) is 80.4 cm³/mol. The van der Waals surface area contributed by atoms with Gasteiger partial charge in [0, 0.05) is 19.2 Å². The number of benzene rings is 2. The van der Waals surface area contributed by atoms with Gasteiger partial charge in [-0.05, 0) is 41.7 Å². The van der Waals surface area contributed by atoms with Gasteiger partial charge in [0.05, 0.1) is 0 Å². The van der Waals surface area contributed by atoms with Crippen molar-refractivity contribution >= 4 is 12.0 Å². The van der Waals surface area contributed by atoms with Gasteiger partial charge in [0.2, 0.25) is 0 Å². The van der Waals surface area contributed by atoms with Gasteiger partial charge in [-0.3, -0.25) is 0 Å². The molecule has 0 unspecified atom stereocenters. The van der Waals surface area contributed by atoms with Gasteiger partial charge in [-0.1, -0.05) is 36.4 Å². The second-order valence-electron chi connectivity index (χ2n) is 4.58. The molecule has 1 N–H and O–H groups in total. The molecule has 0 radical (unpaired) electrons. The van der Waals surface area contributed by atoms with Crippen LogP contribution >= 0.6 is 0 Å².